The van der Waals surface area contributed by atoms with Gasteiger partial charge in [0.1, 0.15) is 5.60 Å². The molecule has 0 amide bonds. The highest BCUT2D eigenvalue weighted by Gasteiger charge is 2.31. The van der Waals surface area contributed by atoms with Crippen LogP contribution in [0.1, 0.15) is 46.5 Å². The summed E-state index contributed by atoms with van der Waals surface area (Å²) in [6.45, 7) is 5.77. The van der Waals surface area contributed by atoms with Gasteiger partial charge in [-0.2, -0.15) is 0 Å². The molecule has 5 heteroatoms. The van der Waals surface area contributed by atoms with Crippen LogP contribution >= 0.6 is 0 Å². The van der Waals surface area contributed by atoms with Crippen LogP contribution in [-0.4, -0.2) is 23.0 Å². The smallest absolute Gasteiger partial charge is 0.449 e. The second-order valence-corrected chi connectivity index (χ2v) is 3.36. The molecule has 0 fully saturated rings. The minimum Gasteiger partial charge on any atom is -0.449 e. The number of hydrogen-bond acceptors (Lipinski definition) is 4. The van der Waals surface area contributed by atoms with E-state index in [1.165, 1.54) is 0 Å². The molecule has 0 rings (SSSR count). The maximum absolute atomic E-state index is 11.0. The van der Waals surface area contributed by atoms with E-state index in [9.17, 15) is 9.59 Å². The zero-order valence-electron chi connectivity index (χ0n) is 9.41. The molecule has 0 saturated carbocycles. The molecule has 0 aliphatic heterocycles. The van der Waals surface area contributed by atoms with Gasteiger partial charge in [0.25, 0.3) is 0 Å². The number of hydrogen-bond donors (Lipinski definition) is 1. The van der Waals surface area contributed by atoms with Gasteiger partial charge in [-0.25, -0.2) is 9.59 Å². The fraction of sp³-hybridized carbons (Fsp3) is 0.800. The Morgan fingerprint density at radius 3 is 2.07 bits per heavy atom. The van der Waals surface area contributed by atoms with Crippen molar-refractivity contribution < 1.29 is 24.2 Å². The summed E-state index contributed by atoms with van der Waals surface area (Å²) in [6, 6.07) is 0. The van der Waals surface area contributed by atoms with Crippen LogP contribution in [0.5, 0.6) is 0 Å². The van der Waals surface area contributed by atoms with Crippen LogP contribution in [-0.2, 0) is 9.47 Å². The summed E-state index contributed by atoms with van der Waals surface area (Å²) in [6.07, 6.45) is 0.0757. The molecule has 0 aliphatic carbocycles. The molecule has 0 spiro atoms. The van der Waals surface area contributed by atoms with Crippen LogP contribution in [0.4, 0.5) is 9.59 Å². The third-order valence-corrected chi connectivity index (χ3v) is 2.46. The second-order valence-electron chi connectivity index (χ2n) is 3.36. The third kappa shape index (κ3) is 4.67. The van der Waals surface area contributed by atoms with Crippen LogP contribution < -0.4 is 0 Å². The summed E-state index contributed by atoms with van der Waals surface area (Å²) in [7, 11) is 0. The van der Waals surface area contributed by atoms with E-state index in [4.69, 9.17) is 9.84 Å². The second kappa shape index (κ2) is 6.27. The molecule has 0 atom stereocenters. The minimum atomic E-state index is -1.64. The lowest BCUT2D eigenvalue weighted by Gasteiger charge is -2.30. The molecule has 5 nitrogen and oxygen atoms in total. The van der Waals surface area contributed by atoms with Crippen molar-refractivity contribution >= 4 is 12.3 Å². The summed E-state index contributed by atoms with van der Waals surface area (Å²) in [4.78, 5) is 21.1. The van der Waals surface area contributed by atoms with Gasteiger partial charge in [-0.3, -0.25) is 0 Å². The van der Waals surface area contributed by atoms with Crippen molar-refractivity contribution in [1.82, 2.24) is 0 Å². The van der Waals surface area contributed by atoms with Crippen LogP contribution in [0, 0.1) is 0 Å². The van der Waals surface area contributed by atoms with Crippen molar-refractivity contribution in [1.29, 1.82) is 0 Å². The van der Waals surface area contributed by atoms with E-state index in [-0.39, 0.29) is 0 Å². The van der Waals surface area contributed by atoms with Gasteiger partial charge in [0.15, 0.2) is 0 Å². The maximum atomic E-state index is 11.0. The standard InChI is InChI=1S/C10H18O5/c1-4-7-10(5-2,6-3)15-9(13)14-8(11)12/h4-7H2,1-3H3,(H,11,12). The monoisotopic (exact) mass is 218 g/mol. The molecular weight excluding hydrogens is 200 g/mol. The quantitative estimate of drug-likeness (QED) is 0.566. The van der Waals surface area contributed by atoms with Crippen molar-refractivity contribution in [2.24, 2.45) is 0 Å². The van der Waals surface area contributed by atoms with E-state index < -0.39 is 17.9 Å². The van der Waals surface area contributed by atoms with Gasteiger partial charge >= 0.3 is 12.3 Å². The minimum absolute atomic E-state index is 0.596. The maximum Gasteiger partial charge on any atom is 0.519 e. The van der Waals surface area contributed by atoms with E-state index in [2.05, 4.69) is 4.74 Å². The number of ether oxygens (including phenoxy) is 2. The van der Waals surface area contributed by atoms with Crippen molar-refractivity contribution in [3.05, 3.63) is 0 Å². The highest BCUT2D eigenvalue weighted by molar-refractivity contribution is 5.75. The lowest BCUT2D eigenvalue weighted by molar-refractivity contribution is -0.0381. The highest BCUT2D eigenvalue weighted by atomic mass is 16.8. The molecule has 0 aliphatic rings. The zero-order valence-corrected chi connectivity index (χ0v) is 9.41. The van der Waals surface area contributed by atoms with E-state index in [0.29, 0.717) is 19.3 Å². The Bertz CT molecular complexity index is 220. The molecule has 0 saturated heterocycles. The first-order chi connectivity index (χ1) is 6.99. The Hall–Kier alpha value is -1.26. The van der Waals surface area contributed by atoms with Crippen molar-refractivity contribution in [2.45, 2.75) is 52.1 Å². The van der Waals surface area contributed by atoms with Gasteiger partial charge in [0.05, 0.1) is 0 Å². The Morgan fingerprint density at radius 1 is 1.20 bits per heavy atom. The average Bonchev–Trinajstić information content (AvgIpc) is 2.15. The first-order valence-corrected chi connectivity index (χ1v) is 5.13. The average molecular weight is 218 g/mol. The van der Waals surface area contributed by atoms with Gasteiger partial charge < -0.3 is 14.6 Å². The summed E-state index contributed by atoms with van der Waals surface area (Å²) in [5.74, 6) is 0. The normalized spacial score (nSPS) is 10.9. The molecule has 88 valence electrons. The molecule has 0 radical (unpaired) electrons. The lowest BCUT2D eigenvalue weighted by atomic mass is 9.92. The van der Waals surface area contributed by atoms with E-state index in [0.717, 1.165) is 6.42 Å². The largest absolute Gasteiger partial charge is 0.519 e. The number of carbonyl (C=O) groups excluding carboxylic acids is 1. The Balaban J connectivity index is 4.38. The van der Waals surface area contributed by atoms with Gasteiger partial charge in [-0.1, -0.05) is 27.2 Å². The van der Waals surface area contributed by atoms with E-state index in [1.807, 2.05) is 20.8 Å². The first kappa shape index (κ1) is 13.7. The van der Waals surface area contributed by atoms with E-state index >= 15 is 0 Å². The van der Waals surface area contributed by atoms with Crippen molar-refractivity contribution in [3.8, 4) is 0 Å². The molecule has 0 aromatic heterocycles. The Labute approximate surface area is 89.4 Å². The van der Waals surface area contributed by atoms with Gasteiger partial charge in [0, 0.05) is 0 Å². The van der Waals surface area contributed by atoms with Crippen molar-refractivity contribution in [3.63, 3.8) is 0 Å². The molecule has 0 heterocycles. The topological polar surface area (TPSA) is 72.8 Å². The predicted octanol–water partition coefficient (Wildman–Crippen LogP) is 3.18. The summed E-state index contributed by atoms with van der Waals surface area (Å²) < 4.78 is 8.96. The van der Waals surface area contributed by atoms with Gasteiger partial charge in [-0.15, -0.1) is 0 Å². The number of rotatable bonds is 5. The lowest BCUT2D eigenvalue weighted by Crippen LogP contribution is -2.34. The van der Waals surface area contributed by atoms with Crippen LogP contribution in [0.25, 0.3) is 0 Å². The van der Waals surface area contributed by atoms with Gasteiger partial charge in [0.2, 0.25) is 0 Å². The van der Waals surface area contributed by atoms with Gasteiger partial charge in [-0.05, 0) is 19.3 Å². The first-order valence-electron chi connectivity index (χ1n) is 5.13. The molecule has 15 heavy (non-hydrogen) atoms. The highest BCUT2D eigenvalue weighted by Crippen LogP contribution is 2.26. The fourth-order valence-electron chi connectivity index (χ4n) is 1.52. The molecule has 0 unspecified atom stereocenters. The Morgan fingerprint density at radius 2 is 1.73 bits per heavy atom. The van der Waals surface area contributed by atoms with E-state index in [1.54, 1.807) is 0 Å². The number of carbonyl (C=O) groups is 2. The van der Waals surface area contributed by atoms with Crippen molar-refractivity contribution in [2.75, 3.05) is 0 Å². The summed E-state index contributed by atoms with van der Waals surface area (Å²) >= 11 is 0. The molecule has 0 aromatic rings. The summed E-state index contributed by atoms with van der Waals surface area (Å²) in [5.41, 5.74) is -0.596. The molecular formula is C10H18O5. The predicted molar refractivity (Wildman–Crippen MR) is 53.8 cm³/mol. The molecule has 1 N–H and O–H groups in total. The van der Waals surface area contributed by atoms with Crippen LogP contribution in [0.3, 0.4) is 0 Å². The Kier molecular flexibility index (Phi) is 5.74. The SMILES string of the molecule is CCCC(CC)(CC)OC(=O)OC(=O)O. The van der Waals surface area contributed by atoms with Crippen LogP contribution in [0.2, 0.25) is 0 Å². The molecule has 0 aromatic carbocycles. The zero-order chi connectivity index (χ0) is 11.9. The number of carboxylic acid groups (broad SMARTS) is 1. The summed E-state index contributed by atoms with van der Waals surface area (Å²) in [5, 5.41) is 8.23. The van der Waals surface area contributed by atoms with Crippen LogP contribution in [0.15, 0.2) is 0 Å². The third-order valence-electron chi connectivity index (χ3n) is 2.46. The molecule has 0 bridgehead atoms. The fourth-order valence-corrected chi connectivity index (χ4v) is 1.52.